The van der Waals surface area contributed by atoms with Gasteiger partial charge in [0.05, 0.1) is 18.8 Å². The number of benzene rings is 4. The number of hydrogen-bond donors (Lipinski definition) is 0. The zero-order chi connectivity index (χ0) is 34.3. The molecule has 0 aromatic heterocycles. The Hall–Kier alpha value is -3.33. The predicted octanol–water partition coefficient (Wildman–Crippen LogP) is 8.19. The Morgan fingerprint density at radius 2 is 1.06 bits per heavy atom. The molecule has 0 amide bonds. The van der Waals surface area contributed by atoms with E-state index >= 15 is 0 Å². The van der Waals surface area contributed by atoms with Crippen LogP contribution in [0.4, 0.5) is 0 Å². The molecule has 0 radical (unpaired) electrons. The molecule has 252 valence electrons. The quantitative estimate of drug-likeness (QED) is 0.125. The number of rotatable bonds is 10. The molecule has 1 heterocycles. The maximum atomic E-state index is 7.84. The first-order chi connectivity index (χ1) is 23.0. The SMILES string of the molecule is C=C[C@H]1CC/C=C\C[C@H](O[Si](c2ccccc2)(c2ccccc2)C(C)(C)C)[C@@H](CO[Si](c2ccccc2)(c2ccccc2)C(C)(C)C)O1. The third-order valence-electron chi connectivity index (χ3n) is 9.81. The van der Waals surface area contributed by atoms with Gasteiger partial charge in [-0.1, -0.05) is 181 Å². The minimum absolute atomic E-state index is 0.106. The van der Waals surface area contributed by atoms with Crippen LogP contribution in [0.2, 0.25) is 10.1 Å². The summed E-state index contributed by atoms with van der Waals surface area (Å²) in [4.78, 5) is 0. The van der Waals surface area contributed by atoms with E-state index in [1.54, 1.807) is 0 Å². The molecule has 1 aliphatic rings. The van der Waals surface area contributed by atoms with E-state index in [0.717, 1.165) is 19.3 Å². The van der Waals surface area contributed by atoms with E-state index in [9.17, 15) is 0 Å². The highest BCUT2D eigenvalue weighted by atomic mass is 28.4. The lowest BCUT2D eigenvalue weighted by Gasteiger charge is -2.47. The van der Waals surface area contributed by atoms with Crippen molar-refractivity contribution in [3.8, 4) is 0 Å². The van der Waals surface area contributed by atoms with Gasteiger partial charge in [0.15, 0.2) is 0 Å². The van der Waals surface area contributed by atoms with Gasteiger partial charge in [-0.3, -0.25) is 0 Å². The predicted molar refractivity (Wildman–Crippen MR) is 208 cm³/mol. The molecule has 0 saturated heterocycles. The van der Waals surface area contributed by atoms with Gasteiger partial charge < -0.3 is 13.6 Å². The van der Waals surface area contributed by atoms with E-state index in [-0.39, 0.29) is 28.4 Å². The summed E-state index contributed by atoms with van der Waals surface area (Å²) >= 11 is 0. The zero-order valence-corrected chi connectivity index (χ0v) is 31.8. The van der Waals surface area contributed by atoms with Crippen LogP contribution in [-0.2, 0) is 13.6 Å². The third kappa shape index (κ3) is 7.46. The first-order valence-corrected chi connectivity index (χ1v) is 21.3. The Morgan fingerprint density at radius 1 is 0.646 bits per heavy atom. The lowest BCUT2D eigenvalue weighted by molar-refractivity contribution is -0.0747. The fourth-order valence-electron chi connectivity index (χ4n) is 7.47. The van der Waals surface area contributed by atoms with E-state index in [0.29, 0.717) is 6.61 Å². The minimum atomic E-state index is -2.89. The molecule has 48 heavy (non-hydrogen) atoms. The van der Waals surface area contributed by atoms with E-state index in [1.165, 1.54) is 20.7 Å². The molecule has 0 aliphatic carbocycles. The maximum absolute atomic E-state index is 7.84. The molecule has 4 aromatic carbocycles. The van der Waals surface area contributed by atoms with Crippen molar-refractivity contribution in [2.45, 2.75) is 89.2 Å². The Kier molecular flexibility index (Phi) is 11.6. The lowest BCUT2D eigenvalue weighted by atomic mass is 10.1. The van der Waals surface area contributed by atoms with Gasteiger partial charge in [0, 0.05) is 0 Å². The molecule has 5 rings (SSSR count). The van der Waals surface area contributed by atoms with Crippen molar-refractivity contribution in [3.63, 3.8) is 0 Å². The van der Waals surface area contributed by atoms with Gasteiger partial charge in [0.25, 0.3) is 16.6 Å². The summed E-state index contributed by atoms with van der Waals surface area (Å²) in [6.45, 7) is 18.6. The van der Waals surface area contributed by atoms with E-state index in [1.807, 2.05) is 6.08 Å². The zero-order valence-electron chi connectivity index (χ0n) is 29.8. The highest BCUT2D eigenvalue weighted by molar-refractivity contribution is 7.00. The number of ether oxygens (including phenoxy) is 1. The van der Waals surface area contributed by atoms with Gasteiger partial charge in [-0.2, -0.15) is 0 Å². The molecule has 3 atom stereocenters. The van der Waals surface area contributed by atoms with E-state index in [2.05, 4.69) is 182 Å². The van der Waals surface area contributed by atoms with Gasteiger partial charge in [-0.05, 0) is 50.1 Å². The van der Waals surface area contributed by atoms with Crippen molar-refractivity contribution in [1.29, 1.82) is 0 Å². The number of allylic oxidation sites excluding steroid dienone is 1. The minimum Gasteiger partial charge on any atom is -0.405 e. The summed E-state index contributed by atoms with van der Waals surface area (Å²) in [7, 11) is -5.72. The van der Waals surface area contributed by atoms with E-state index in [4.69, 9.17) is 13.6 Å². The second kappa shape index (κ2) is 15.5. The van der Waals surface area contributed by atoms with Crippen molar-refractivity contribution in [1.82, 2.24) is 0 Å². The maximum Gasteiger partial charge on any atom is 0.261 e. The Morgan fingerprint density at radius 3 is 1.46 bits per heavy atom. The van der Waals surface area contributed by atoms with Crippen LogP contribution >= 0.6 is 0 Å². The smallest absolute Gasteiger partial charge is 0.261 e. The number of hydrogen-bond acceptors (Lipinski definition) is 3. The summed E-state index contributed by atoms with van der Waals surface area (Å²) in [5.74, 6) is 0. The summed E-state index contributed by atoms with van der Waals surface area (Å²) in [6, 6.07) is 43.5. The molecule has 0 bridgehead atoms. The largest absolute Gasteiger partial charge is 0.405 e. The van der Waals surface area contributed by atoms with Crippen LogP contribution in [0, 0.1) is 0 Å². The normalized spacial score (nSPS) is 20.2. The van der Waals surface area contributed by atoms with Gasteiger partial charge in [-0.15, -0.1) is 6.58 Å². The van der Waals surface area contributed by atoms with Crippen LogP contribution in [0.15, 0.2) is 146 Å². The molecule has 0 N–H and O–H groups in total. The average molecular weight is 675 g/mol. The summed E-state index contributed by atoms with van der Waals surface area (Å²) in [5.41, 5.74) is 0. The average Bonchev–Trinajstić information content (AvgIpc) is 3.18. The fourth-order valence-corrected chi connectivity index (χ4v) is 16.8. The van der Waals surface area contributed by atoms with Crippen LogP contribution in [0.1, 0.15) is 60.8 Å². The first kappa shape index (κ1) is 36.0. The molecule has 0 unspecified atom stereocenters. The second-order valence-corrected chi connectivity index (χ2v) is 23.6. The van der Waals surface area contributed by atoms with E-state index < -0.39 is 16.6 Å². The Balaban J connectivity index is 1.65. The first-order valence-electron chi connectivity index (χ1n) is 17.5. The molecule has 0 fully saturated rings. The van der Waals surface area contributed by atoms with Crippen molar-refractivity contribution < 1.29 is 13.6 Å². The van der Waals surface area contributed by atoms with Crippen LogP contribution < -0.4 is 20.7 Å². The summed E-state index contributed by atoms with van der Waals surface area (Å²) < 4.78 is 22.5. The van der Waals surface area contributed by atoms with Crippen LogP contribution in [-0.4, -0.2) is 41.6 Å². The highest BCUT2D eigenvalue weighted by Crippen LogP contribution is 2.40. The second-order valence-electron chi connectivity index (χ2n) is 15.0. The topological polar surface area (TPSA) is 27.7 Å². The molecule has 5 heteroatoms. The molecular weight excluding hydrogens is 621 g/mol. The molecule has 3 nitrogen and oxygen atoms in total. The molecular formula is C43H54O3Si2. The standard InChI is InChI=1S/C43H54O3Si2/c1-8-35-24-14-9-23-33-40(46-48(43(5,6)7,38-29-19-12-20-30-38)39-31-21-13-22-32-39)41(45-35)34-44-47(42(2,3)4,36-25-15-10-16-26-36)37-27-17-11-18-28-37/h8-13,15-23,25-32,35,40-41H,1,14,24,33-34H2,2-7H3/b23-9-/t35-,40-,41+/m0/s1. The van der Waals surface area contributed by atoms with Gasteiger partial charge in [-0.25, -0.2) is 0 Å². The molecule has 0 saturated carbocycles. The van der Waals surface area contributed by atoms with Crippen molar-refractivity contribution in [2.75, 3.05) is 6.61 Å². The highest BCUT2D eigenvalue weighted by Gasteiger charge is 2.54. The lowest BCUT2D eigenvalue weighted by Crippen LogP contribution is -2.69. The fraction of sp³-hybridized carbons (Fsp3) is 0.349. The van der Waals surface area contributed by atoms with Crippen LogP contribution in [0.5, 0.6) is 0 Å². The van der Waals surface area contributed by atoms with Gasteiger partial charge in [0.1, 0.15) is 6.10 Å². The molecule has 1 aliphatic heterocycles. The third-order valence-corrected chi connectivity index (χ3v) is 19.9. The van der Waals surface area contributed by atoms with Gasteiger partial charge >= 0.3 is 0 Å². The van der Waals surface area contributed by atoms with Crippen LogP contribution in [0.3, 0.4) is 0 Å². The molecule has 4 aromatic rings. The van der Waals surface area contributed by atoms with Crippen LogP contribution in [0.25, 0.3) is 0 Å². The molecule has 0 spiro atoms. The Bertz CT molecular complexity index is 1510. The monoisotopic (exact) mass is 674 g/mol. The van der Waals surface area contributed by atoms with Crippen molar-refractivity contribution >= 4 is 37.4 Å². The summed E-state index contributed by atoms with van der Waals surface area (Å²) in [5, 5.41) is 4.73. The van der Waals surface area contributed by atoms with Crippen molar-refractivity contribution in [3.05, 3.63) is 146 Å². The van der Waals surface area contributed by atoms with Crippen molar-refractivity contribution in [2.24, 2.45) is 0 Å². The Labute approximate surface area is 292 Å². The summed E-state index contributed by atoms with van der Waals surface area (Å²) in [6.07, 6.45) is 8.42. The van der Waals surface area contributed by atoms with Gasteiger partial charge in [0.2, 0.25) is 0 Å².